The van der Waals surface area contributed by atoms with Gasteiger partial charge in [0.05, 0.1) is 41.4 Å². The number of carboxylic acid groups (broad SMARTS) is 1. The van der Waals surface area contributed by atoms with E-state index >= 15 is 0 Å². The molecule has 1 aliphatic heterocycles. The van der Waals surface area contributed by atoms with E-state index < -0.39 is 11.9 Å². The number of nitrogens with one attached hydrogen (secondary N) is 1. The number of nitrogens with zero attached hydrogens (tertiary/aromatic N) is 3. The quantitative estimate of drug-likeness (QED) is 0.361. The van der Waals surface area contributed by atoms with Crippen LogP contribution in [0.15, 0.2) is 48.5 Å². The van der Waals surface area contributed by atoms with Crippen molar-refractivity contribution in [3.8, 4) is 6.07 Å². The summed E-state index contributed by atoms with van der Waals surface area (Å²) >= 11 is 5.86. The van der Waals surface area contributed by atoms with Crippen molar-refractivity contribution in [2.75, 3.05) is 11.9 Å². The number of rotatable bonds is 7. The molecule has 9 heteroatoms. The number of halogens is 1. The third-order valence-corrected chi connectivity index (χ3v) is 6.14. The van der Waals surface area contributed by atoms with Crippen LogP contribution in [0.25, 0.3) is 0 Å². The Morgan fingerprint density at radius 1 is 1.29 bits per heavy atom. The topological polar surface area (TPSA) is 125 Å². The highest BCUT2D eigenvalue weighted by Gasteiger charge is 2.39. The maximum atomic E-state index is 12.7. The Hall–Kier alpha value is -3.96. The van der Waals surface area contributed by atoms with Crippen LogP contribution in [0.1, 0.15) is 57.5 Å². The van der Waals surface area contributed by atoms with Gasteiger partial charge in [-0.05, 0) is 67.8 Å². The second-order valence-corrected chi connectivity index (χ2v) is 8.97. The lowest BCUT2D eigenvalue weighted by molar-refractivity contribution is -0.139. The van der Waals surface area contributed by atoms with Gasteiger partial charge in [0.1, 0.15) is 11.1 Å². The van der Waals surface area contributed by atoms with E-state index in [2.05, 4.69) is 16.4 Å². The number of ether oxygens (including phenoxy) is 1. The van der Waals surface area contributed by atoms with Gasteiger partial charge in [-0.25, -0.2) is 9.78 Å². The van der Waals surface area contributed by atoms with E-state index in [-0.39, 0.29) is 35.4 Å². The number of carbonyl (C=O) groups excluding carboxylic acids is 1. The summed E-state index contributed by atoms with van der Waals surface area (Å²) in [4.78, 5) is 33.0. The second kappa shape index (κ2) is 10.1. The molecule has 0 aliphatic carbocycles. The molecule has 35 heavy (non-hydrogen) atoms. The normalized spacial score (nSPS) is 17.9. The predicted octanol–water partition coefficient (Wildman–Crippen LogP) is 4.68. The van der Waals surface area contributed by atoms with Crippen LogP contribution in [0.5, 0.6) is 0 Å². The molecule has 1 saturated heterocycles. The number of anilines is 1. The second-order valence-electron chi connectivity index (χ2n) is 8.58. The van der Waals surface area contributed by atoms with E-state index in [4.69, 9.17) is 21.3 Å². The number of carbonyl (C=O) groups is 2. The Balaban J connectivity index is 1.61. The first kappa shape index (κ1) is 24.2. The van der Waals surface area contributed by atoms with Crippen LogP contribution in [-0.2, 0) is 16.0 Å². The molecule has 1 aromatic carbocycles. The van der Waals surface area contributed by atoms with Gasteiger partial charge in [-0.2, -0.15) is 5.26 Å². The number of pyridine rings is 2. The molecule has 1 fully saturated rings. The SMILES string of the molecule is Cc1cc([C@H]2C(=O)OCC2Cc2cccc(C#N)c2)nc([C@@H](C)Nc2ccc(Cl)nc2C(=O)O)c1. The van der Waals surface area contributed by atoms with Crippen molar-refractivity contribution in [2.45, 2.75) is 32.2 Å². The fraction of sp³-hybridized carbons (Fsp3) is 0.269. The van der Waals surface area contributed by atoms with Crippen molar-refractivity contribution in [2.24, 2.45) is 5.92 Å². The Bertz CT molecular complexity index is 1340. The van der Waals surface area contributed by atoms with Gasteiger partial charge >= 0.3 is 11.9 Å². The lowest BCUT2D eigenvalue weighted by atomic mass is 9.86. The molecule has 4 rings (SSSR count). The number of carboxylic acids is 1. The molecule has 2 N–H and O–H groups in total. The zero-order chi connectivity index (χ0) is 25.1. The van der Waals surface area contributed by atoms with Crippen LogP contribution < -0.4 is 5.32 Å². The van der Waals surface area contributed by atoms with Crippen LogP contribution in [0, 0.1) is 24.2 Å². The number of esters is 1. The first-order valence-electron chi connectivity index (χ1n) is 11.1. The number of benzene rings is 1. The van der Waals surface area contributed by atoms with Crippen LogP contribution >= 0.6 is 11.6 Å². The first-order chi connectivity index (χ1) is 16.7. The zero-order valence-corrected chi connectivity index (χ0v) is 19.9. The largest absolute Gasteiger partial charge is 0.476 e. The Morgan fingerprint density at radius 3 is 2.83 bits per heavy atom. The maximum Gasteiger partial charge on any atom is 0.356 e. The number of hydrogen-bond acceptors (Lipinski definition) is 7. The average molecular weight is 491 g/mol. The van der Waals surface area contributed by atoms with Crippen LogP contribution in [0.4, 0.5) is 5.69 Å². The summed E-state index contributed by atoms with van der Waals surface area (Å²) in [5, 5.41) is 21.9. The summed E-state index contributed by atoms with van der Waals surface area (Å²) in [5.41, 5.74) is 3.82. The molecule has 0 spiro atoms. The van der Waals surface area contributed by atoms with Crippen molar-refractivity contribution in [3.63, 3.8) is 0 Å². The first-order valence-corrected chi connectivity index (χ1v) is 11.4. The molecular weight excluding hydrogens is 468 g/mol. The third-order valence-electron chi connectivity index (χ3n) is 5.93. The summed E-state index contributed by atoms with van der Waals surface area (Å²) in [6.07, 6.45) is 0.573. The third kappa shape index (κ3) is 5.42. The number of hydrogen-bond donors (Lipinski definition) is 2. The van der Waals surface area contributed by atoms with Crippen molar-refractivity contribution < 1.29 is 19.4 Å². The van der Waals surface area contributed by atoms with Crippen molar-refractivity contribution in [1.29, 1.82) is 5.26 Å². The van der Waals surface area contributed by atoms with Crippen LogP contribution in [0.3, 0.4) is 0 Å². The maximum absolute atomic E-state index is 12.7. The fourth-order valence-electron chi connectivity index (χ4n) is 4.30. The summed E-state index contributed by atoms with van der Waals surface area (Å²) < 4.78 is 5.40. The van der Waals surface area contributed by atoms with Gasteiger partial charge in [0.2, 0.25) is 0 Å². The van der Waals surface area contributed by atoms with E-state index in [1.165, 1.54) is 6.07 Å². The molecule has 2 aromatic heterocycles. The molecule has 0 radical (unpaired) electrons. The minimum atomic E-state index is -1.20. The summed E-state index contributed by atoms with van der Waals surface area (Å²) in [6, 6.07) is 15.9. The molecule has 178 valence electrons. The Labute approximate surface area is 207 Å². The van der Waals surface area contributed by atoms with E-state index in [1.807, 2.05) is 44.2 Å². The number of aromatic carboxylic acids is 1. The molecule has 0 amide bonds. The highest BCUT2D eigenvalue weighted by atomic mass is 35.5. The lowest BCUT2D eigenvalue weighted by Crippen LogP contribution is -2.20. The molecule has 1 unspecified atom stereocenters. The smallest absolute Gasteiger partial charge is 0.356 e. The van der Waals surface area contributed by atoms with Crippen molar-refractivity contribution in [1.82, 2.24) is 9.97 Å². The Kier molecular flexibility index (Phi) is 6.99. The molecule has 8 nitrogen and oxygen atoms in total. The summed E-state index contributed by atoms with van der Waals surface area (Å²) in [7, 11) is 0. The molecule has 0 saturated carbocycles. The predicted molar refractivity (Wildman–Crippen MR) is 129 cm³/mol. The van der Waals surface area contributed by atoms with Crippen molar-refractivity contribution in [3.05, 3.63) is 87.5 Å². The standard InChI is InChI=1S/C26H23ClN4O4/c1-14-8-20(15(2)29-19-6-7-22(27)31-24(19)25(32)33)30-21(9-14)23-18(13-35-26(23)34)11-16-4-3-5-17(10-16)12-28/h3-10,15,18,23,29H,11,13H2,1-2H3,(H,32,33)/t15-,18?,23+/m1/s1. The molecule has 3 heterocycles. The minimum Gasteiger partial charge on any atom is -0.476 e. The number of cyclic esters (lactones) is 1. The van der Waals surface area contributed by atoms with Gasteiger partial charge in [-0.3, -0.25) is 9.78 Å². The van der Waals surface area contributed by atoms with E-state index in [1.54, 1.807) is 12.1 Å². The van der Waals surface area contributed by atoms with E-state index in [0.29, 0.717) is 29.1 Å². The highest BCUT2D eigenvalue weighted by molar-refractivity contribution is 6.29. The van der Waals surface area contributed by atoms with Crippen LogP contribution in [-0.4, -0.2) is 33.6 Å². The lowest BCUT2D eigenvalue weighted by Gasteiger charge is -2.20. The summed E-state index contributed by atoms with van der Waals surface area (Å²) in [5.74, 6) is -2.19. The number of aromatic nitrogens is 2. The number of nitriles is 1. The van der Waals surface area contributed by atoms with Gasteiger partial charge in [-0.1, -0.05) is 23.7 Å². The van der Waals surface area contributed by atoms with Gasteiger partial charge in [0.25, 0.3) is 0 Å². The molecule has 3 aromatic rings. The summed E-state index contributed by atoms with van der Waals surface area (Å²) in [6.45, 7) is 4.04. The minimum absolute atomic E-state index is 0.0858. The fourth-order valence-corrected chi connectivity index (χ4v) is 4.45. The van der Waals surface area contributed by atoms with E-state index in [0.717, 1.165) is 11.1 Å². The van der Waals surface area contributed by atoms with E-state index in [9.17, 15) is 20.0 Å². The number of aryl methyl sites for hydroxylation is 1. The van der Waals surface area contributed by atoms with Gasteiger partial charge in [0, 0.05) is 5.92 Å². The molecule has 3 atom stereocenters. The monoisotopic (exact) mass is 490 g/mol. The molecule has 0 bridgehead atoms. The zero-order valence-electron chi connectivity index (χ0n) is 19.2. The molecule has 1 aliphatic rings. The average Bonchev–Trinajstić information content (AvgIpc) is 3.19. The van der Waals surface area contributed by atoms with Gasteiger partial charge in [-0.15, -0.1) is 0 Å². The highest BCUT2D eigenvalue weighted by Crippen LogP contribution is 2.35. The van der Waals surface area contributed by atoms with Crippen LogP contribution in [0.2, 0.25) is 5.15 Å². The van der Waals surface area contributed by atoms with Gasteiger partial charge in [0.15, 0.2) is 5.69 Å². The van der Waals surface area contributed by atoms with Crippen molar-refractivity contribution >= 4 is 29.2 Å². The molecular formula is C26H23ClN4O4. The van der Waals surface area contributed by atoms with Gasteiger partial charge < -0.3 is 15.2 Å². The Morgan fingerprint density at radius 2 is 2.09 bits per heavy atom.